The first kappa shape index (κ1) is 20.7. The van der Waals surface area contributed by atoms with Gasteiger partial charge in [-0.1, -0.05) is 41.0 Å². The maximum atomic E-state index is 12.0. The summed E-state index contributed by atoms with van der Waals surface area (Å²) in [6.07, 6.45) is 3.35. The Labute approximate surface area is 179 Å². The highest BCUT2D eigenvalue weighted by molar-refractivity contribution is 7.99. The van der Waals surface area contributed by atoms with E-state index in [9.17, 15) is 4.79 Å². The Hall–Kier alpha value is -2.07. The molecule has 146 valence electrons. The normalized spacial score (nSPS) is 10.6. The topological polar surface area (TPSA) is 81.9 Å². The van der Waals surface area contributed by atoms with Gasteiger partial charge in [0.1, 0.15) is 12.4 Å². The number of thioether (sulfide) groups is 1. The Bertz CT molecular complexity index is 963. The number of carbonyl (C=O) groups excluding carboxylic acids is 1. The van der Waals surface area contributed by atoms with Gasteiger partial charge in [-0.3, -0.25) is 9.36 Å². The van der Waals surface area contributed by atoms with Gasteiger partial charge in [0.2, 0.25) is 5.91 Å². The van der Waals surface area contributed by atoms with Crippen LogP contribution in [0.4, 0.5) is 5.13 Å². The molecule has 3 aromatic rings. The quantitative estimate of drug-likeness (QED) is 0.376. The Morgan fingerprint density at radius 2 is 2.25 bits per heavy atom. The third-order valence-corrected chi connectivity index (χ3v) is 5.57. The Kier molecular flexibility index (Phi) is 7.32. The SMILES string of the molecule is C=CCn1c(COc2cc(Cl)ccc2Cl)nnc1SCC(=O)Nc1nccs1. The van der Waals surface area contributed by atoms with Crippen LogP contribution in [0.5, 0.6) is 5.75 Å². The lowest BCUT2D eigenvalue weighted by atomic mass is 10.3. The molecule has 0 atom stereocenters. The highest BCUT2D eigenvalue weighted by Crippen LogP contribution is 2.28. The van der Waals surface area contributed by atoms with Crippen molar-refractivity contribution in [2.45, 2.75) is 18.3 Å². The van der Waals surface area contributed by atoms with Gasteiger partial charge in [-0.25, -0.2) is 4.98 Å². The van der Waals surface area contributed by atoms with E-state index in [4.69, 9.17) is 27.9 Å². The molecule has 0 radical (unpaired) electrons. The smallest absolute Gasteiger partial charge is 0.236 e. The Morgan fingerprint density at radius 3 is 3.00 bits per heavy atom. The second-order valence-electron chi connectivity index (χ2n) is 5.34. The van der Waals surface area contributed by atoms with E-state index in [1.165, 1.54) is 23.1 Å². The van der Waals surface area contributed by atoms with Gasteiger partial charge in [0, 0.05) is 29.2 Å². The van der Waals surface area contributed by atoms with Crippen molar-refractivity contribution in [2.24, 2.45) is 0 Å². The molecule has 2 heterocycles. The largest absolute Gasteiger partial charge is 0.484 e. The molecule has 0 spiro atoms. The van der Waals surface area contributed by atoms with Crippen LogP contribution in [0.2, 0.25) is 10.0 Å². The highest BCUT2D eigenvalue weighted by atomic mass is 35.5. The molecule has 3 rings (SSSR count). The fourth-order valence-electron chi connectivity index (χ4n) is 2.15. The Balaban J connectivity index is 1.64. The second kappa shape index (κ2) is 9.92. The average molecular weight is 456 g/mol. The average Bonchev–Trinajstić information content (AvgIpc) is 3.31. The number of halogens is 2. The number of thiazole rings is 1. The fraction of sp³-hybridized carbons (Fsp3) is 0.176. The molecule has 1 aromatic carbocycles. The molecule has 0 aliphatic rings. The summed E-state index contributed by atoms with van der Waals surface area (Å²) in [6.45, 7) is 4.38. The minimum Gasteiger partial charge on any atom is -0.484 e. The molecular weight excluding hydrogens is 441 g/mol. The second-order valence-corrected chi connectivity index (χ2v) is 8.02. The number of benzene rings is 1. The van der Waals surface area contributed by atoms with Crippen molar-refractivity contribution in [3.8, 4) is 5.75 Å². The fourth-order valence-corrected chi connectivity index (χ4v) is 3.79. The van der Waals surface area contributed by atoms with Gasteiger partial charge in [-0.15, -0.1) is 28.1 Å². The number of ether oxygens (including phenoxy) is 1. The van der Waals surface area contributed by atoms with Crippen LogP contribution in [0.3, 0.4) is 0 Å². The van der Waals surface area contributed by atoms with Crippen LogP contribution in [-0.4, -0.2) is 31.4 Å². The first-order valence-corrected chi connectivity index (χ1v) is 10.6. The molecule has 0 saturated heterocycles. The van der Waals surface area contributed by atoms with Crippen molar-refractivity contribution in [3.63, 3.8) is 0 Å². The third kappa shape index (κ3) is 5.48. The molecule has 0 bridgehead atoms. The summed E-state index contributed by atoms with van der Waals surface area (Å²) in [5.41, 5.74) is 0. The number of hydrogen-bond acceptors (Lipinski definition) is 7. The van der Waals surface area contributed by atoms with Crippen molar-refractivity contribution in [1.29, 1.82) is 0 Å². The number of nitrogens with one attached hydrogen (secondary N) is 1. The zero-order valence-electron chi connectivity index (χ0n) is 14.5. The van der Waals surface area contributed by atoms with Crippen LogP contribution in [0, 0.1) is 0 Å². The molecule has 1 amide bonds. The van der Waals surface area contributed by atoms with Crippen molar-refractivity contribution in [3.05, 3.63) is 58.3 Å². The summed E-state index contributed by atoms with van der Waals surface area (Å²) < 4.78 is 7.56. The predicted octanol–water partition coefficient (Wildman–Crippen LogP) is 4.54. The van der Waals surface area contributed by atoms with E-state index < -0.39 is 0 Å². The number of allylic oxidation sites excluding steroid dienone is 1. The van der Waals surface area contributed by atoms with E-state index >= 15 is 0 Å². The molecule has 2 aromatic heterocycles. The lowest BCUT2D eigenvalue weighted by molar-refractivity contribution is -0.113. The van der Waals surface area contributed by atoms with Crippen molar-refractivity contribution in [2.75, 3.05) is 11.1 Å². The zero-order chi connectivity index (χ0) is 19.9. The molecule has 0 saturated carbocycles. The molecule has 0 aliphatic carbocycles. The van der Waals surface area contributed by atoms with Gasteiger partial charge in [0.25, 0.3) is 0 Å². The van der Waals surface area contributed by atoms with E-state index in [0.717, 1.165) is 0 Å². The van der Waals surface area contributed by atoms with Crippen LogP contribution in [0.1, 0.15) is 5.82 Å². The van der Waals surface area contributed by atoms with E-state index in [2.05, 4.69) is 27.1 Å². The van der Waals surface area contributed by atoms with Gasteiger partial charge in [-0.2, -0.15) is 0 Å². The van der Waals surface area contributed by atoms with Gasteiger partial charge in [0.15, 0.2) is 16.1 Å². The molecule has 1 N–H and O–H groups in total. The van der Waals surface area contributed by atoms with Crippen LogP contribution >= 0.6 is 46.3 Å². The van der Waals surface area contributed by atoms with E-state index in [1.807, 2.05) is 4.57 Å². The number of carbonyl (C=O) groups is 1. The summed E-state index contributed by atoms with van der Waals surface area (Å²) in [5.74, 6) is 1.05. The maximum absolute atomic E-state index is 12.0. The molecule has 0 unspecified atom stereocenters. The molecule has 7 nitrogen and oxygen atoms in total. The predicted molar refractivity (Wildman–Crippen MR) is 112 cm³/mol. The van der Waals surface area contributed by atoms with Crippen LogP contribution in [-0.2, 0) is 17.9 Å². The molecule has 0 aliphatic heterocycles. The Morgan fingerprint density at radius 1 is 1.39 bits per heavy atom. The number of rotatable bonds is 9. The van der Waals surface area contributed by atoms with Gasteiger partial charge < -0.3 is 10.1 Å². The number of amides is 1. The summed E-state index contributed by atoms with van der Waals surface area (Å²) in [4.78, 5) is 16.1. The van der Waals surface area contributed by atoms with E-state index in [-0.39, 0.29) is 18.3 Å². The first-order valence-electron chi connectivity index (χ1n) is 7.99. The van der Waals surface area contributed by atoms with Gasteiger partial charge in [0.05, 0.1) is 10.8 Å². The van der Waals surface area contributed by atoms with Crippen LogP contribution in [0.25, 0.3) is 0 Å². The van der Waals surface area contributed by atoms with Crippen molar-refractivity contribution in [1.82, 2.24) is 19.7 Å². The highest BCUT2D eigenvalue weighted by Gasteiger charge is 2.15. The first-order chi connectivity index (χ1) is 13.6. The summed E-state index contributed by atoms with van der Waals surface area (Å²) >= 11 is 14.7. The molecule has 11 heteroatoms. The number of aromatic nitrogens is 4. The van der Waals surface area contributed by atoms with E-state index in [0.29, 0.717) is 38.5 Å². The standard InChI is InChI=1S/C17H15Cl2N5O2S2/c1-2-6-24-14(9-26-13-8-11(18)3-4-12(13)19)22-23-17(24)28-10-15(25)21-16-20-5-7-27-16/h2-5,7-8H,1,6,9-10H2,(H,20,21,25). The van der Waals surface area contributed by atoms with Gasteiger partial charge >= 0.3 is 0 Å². The van der Waals surface area contributed by atoms with E-state index in [1.54, 1.807) is 35.9 Å². The number of nitrogens with zero attached hydrogens (tertiary/aromatic N) is 4. The minimum absolute atomic E-state index is 0.146. The molecule has 28 heavy (non-hydrogen) atoms. The lowest BCUT2D eigenvalue weighted by Crippen LogP contribution is -2.14. The molecular formula is C17H15Cl2N5O2S2. The molecule has 0 fully saturated rings. The minimum atomic E-state index is -0.170. The third-order valence-electron chi connectivity index (χ3n) is 3.37. The summed E-state index contributed by atoms with van der Waals surface area (Å²) in [7, 11) is 0. The van der Waals surface area contributed by atoms with Crippen LogP contribution < -0.4 is 10.1 Å². The van der Waals surface area contributed by atoms with Gasteiger partial charge in [-0.05, 0) is 12.1 Å². The monoisotopic (exact) mass is 455 g/mol. The van der Waals surface area contributed by atoms with Crippen molar-refractivity contribution < 1.29 is 9.53 Å². The van der Waals surface area contributed by atoms with Crippen molar-refractivity contribution >= 4 is 57.3 Å². The zero-order valence-corrected chi connectivity index (χ0v) is 17.6. The summed E-state index contributed by atoms with van der Waals surface area (Å²) in [5, 5.41) is 15.0. The number of anilines is 1. The maximum Gasteiger partial charge on any atom is 0.236 e. The summed E-state index contributed by atoms with van der Waals surface area (Å²) in [6, 6.07) is 4.98. The number of hydrogen-bond donors (Lipinski definition) is 1. The van der Waals surface area contributed by atoms with Crippen LogP contribution in [0.15, 0.2) is 47.6 Å². The lowest BCUT2D eigenvalue weighted by Gasteiger charge is -2.10.